The molecule has 10 nitrogen and oxygen atoms in total. The highest BCUT2D eigenvalue weighted by Crippen LogP contribution is 2.32. The Hall–Kier alpha value is -3.40. The Morgan fingerprint density at radius 3 is 2.47 bits per heavy atom. The van der Waals surface area contributed by atoms with Gasteiger partial charge in [-0.1, -0.05) is 13.8 Å². The summed E-state index contributed by atoms with van der Waals surface area (Å²) in [6.07, 6.45) is 2.40. The summed E-state index contributed by atoms with van der Waals surface area (Å²) in [5, 5.41) is 8.87. The average Bonchev–Trinajstić information content (AvgIpc) is 3.45. The first kappa shape index (κ1) is 27.6. The zero-order valence-corrected chi connectivity index (χ0v) is 22.9. The number of anilines is 1. The van der Waals surface area contributed by atoms with E-state index in [1.807, 2.05) is 49.1 Å². The van der Waals surface area contributed by atoms with Crippen molar-refractivity contribution in [3.05, 3.63) is 30.3 Å². The van der Waals surface area contributed by atoms with Crippen LogP contribution >= 0.6 is 0 Å². The fourth-order valence-corrected chi connectivity index (χ4v) is 4.86. The van der Waals surface area contributed by atoms with E-state index in [0.717, 1.165) is 30.8 Å². The molecule has 0 spiro atoms. The molecule has 2 aromatic rings. The number of benzene rings is 1. The lowest BCUT2D eigenvalue weighted by atomic mass is 10.1. The first-order valence-corrected chi connectivity index (χ1v) is 13.4. The van der Waals surface area contributed by atoms with Crippen molar-refractivity contribution in [1.29, 1.82) is 0 Å². The van der Waals surface area contributed by atoms with Crippen LogP contribution in [-0.4, -0.2) is 98.0 Å². The number of piperazine rings is 1. The first-order valence-electron chi connectivity index (χ1n) is 13.4. The second kappa shape index (κ2) is 12.9. The molecule has 206 valence electrons. The van der Waals surface area contributed by atoms with Crippen LogP contribution < -0.4 is 14.4 Å². The molecule has 0 aliphatic carbocycles. The average molecular weight is 526 g/mol. The minimum absolute atomic E-state index is 0.0198. The smallest absolute Gasteiger partial charge is 0.242 e. The van der Waals surface area contributed by atoms with Gasteiger partial charge in [-0.3, -0.25) is 9.59 Å². The molecule has 0 bridgehead atoms. The van der Waals surface area contributed by atoms with Gasteiger partial charge >= 0.3 is 0 Å². The van der Waals surface area contributed by atoms with Crippen molar-refractivity contribution >= 4 is 17.6 Å². The lowest BCUT2D eigenvalue weighted by molar-refractivity contribution is -0.142. The third-order valence-corrected chi connectivity index (χ3v) is 7.00. The van der Waals surface area contributed by atoms with Gasteiger partial charge in [0, 0.05) is 57.4 Å². The van der Waals surface area contributed by atoms with Crippen molar-refractivity contribution in [1.82, 2.24) is 20.0 Å². The van der Waals surface area contributed by atoms with Crippen LogP contribution in [0.15, 0.2) is 30.3 Å². The molecule has 38 heavy (non-hydrogen) atoms. The summed E-state index contributed by atoms with van der Waals surface area (Å²) in [4.78, 5) is 31.7. The SMILES string of the molecule is COc1ccc(-c2ccc(N3CCN(C(=O)CN(C[C@H]4CCCO4)C(=O)CC(C)C)CC3)nn2)c(OC)c1. The van der Waals surface area contributed by atoms with Crippen LogP contribution in [0.5, 0.6) is 11.5 Å². The van der Waals surface area contributed by atoms with Gasteiger partial charge in [-0.15, -0.1) is 10.2 Å². The molecule has 0 unspecified atom stereocenters. The summed E-state index contributed by atoms with van der Waals surface area (Å²) < 4.78 is 16.5. The highest BCUT2D eigenvalue weighted by molar-refractivity contribution is 5.85. The first-order chi connectivity index (χ1) is 18.4. The van der Waals surface area contributed by atoms with Crippen molar-refractivity contribution in [3.63, 3.8) is 0 Å². The van der Waals surface area contributed by atoms with E-state index in [4.69, 9.17) is 14.2 Å². The van der Waals surface area contributed by atoms with E-state index in [9.17, 15) is 9.59 Å². The van der Waals surface area contributed by atoms with Crippen molar-refractivity contribution in [2.45, 2.75) is 39.2 Å². The molecule has 4 rings (SSSR count). The monoisotopic (exact) mass is 525 g/mol. The molecule has 0 saturated carbocycles. The Labute approximate surface area is 224 Å². The molecule has 1 aromatic heterocycles. The molecule has 0 N–H and O–H groups in total. The molecule has 2 fully saturated rings. The molecule has 2 saturated heterocycles. The lowest BCUT2D eigenvalue weighted by Gasteiger charge is -2.36. The third kappa shape index (κ3) is 6.92. The Balaban J connectivity index is 1.34. The van der Waals surface area contributed by atoms with E-state index < -0.39 is 0 Å². The molecule has 0 radical (unpaired) electrons. The number of methoxy groups -OCH3 is 2. The molecule has 10 heteroatoms. The molecule has 2 amide bonds. The second-order valence-corrected chi connectivity index (χ2v) is 10.2. The molecule has 3 heterocycles. The van der Waals surface area contributed by atoms with Gasteiger partial charge in [-0.05, 0) is 43.0 Å². The zero-order chi connectivity index (χ0) is 27.1. The van der Waals surface area contributed by atoms with Gasteiger partial charge in [0.15, 0.2) is 5.82 Å². The standard InChI is InChI=1S/C28H39N5O5/c1-20(2)16-27(34)33(18-22-6-5-15-38-22)19-28(35)32-13-11-31(12-14-32)26-10-9-24(29-30-26)23-8-7-21(36-3)17-25(23)37-4/h7-10,17,20,22H,5-6,11-16,18-19H2,1-4H3/t22-/m1/s1. The van der Waals surface area contributed by atoms with E-state index in [-0.39, 0.29) is 30.4 Å². The van der Waals surface area contributed by atoms with Crippen LogP contribution in [0.4, 0.5) is 5.82 Å². The molecule has 1 atom stereocenters. The van der Waals surface area contributed by atoms with Gasteiger partial charge in [0.25, 0.3) is 0 Å². The number of hydrogen-bond acceptors (Lipinski definition) is 8. The molecule has 1 aromatic carbocycles. The van der Waals surface area contributed by atoms with Crippen LogP contribution in [0.3, 0.4) is 0 Å². The summed E-state index contributed by atoms with van der Waals surface area (Å²) in [7, 11) is 3.23. The largest absolute Gasteiger partial charge is 0.497 e. The van der Waals surface area contributed by atoms with Gasteiger partial charge < -0.3 is 28.9 Å². The summed E-state index contributed by atoms with van der Waals surface area (Å²) in [6, 6.07) is 9.45. The highest BCUT2D eigenvalue weighted by Gasteiger charge is 2.28. The predicted molar refractivity (Wildman–Crippen MR) is 144 cm³/mol. The minimum Gasteiger partial charge on any atom is -0.497 e. The van der Waals surface area contributed by atoms with Gasteiger partial charge in [-0.25, -0.2) is 0 Å². The maximum atomic E-state index is 13.1. The predicted octanol–water partition coefficient (Wildman–Crippen LogP) is 2.86. The van der Waals surface area contributed by atoms with Gasteiger partial charge in [0.1, 0.15) is 11.5 Å². The normalized spacial score (nSPS) is 17.6. The number of hydrogen-bond donors (Lipinski definition) is 0. The van der Waals surface area contributed by atoms with Crippen molar-refractivity contribution in [2.24, 2.45) is 5.92 Å². The van der Waals surface area contributed by atoms with Gasteiger partial charge in [-0.2, -0.15) is 0 Å². The van der Waals surface area contributed by atoms with Crippen LogP contribution in [0.1, 0.15) is 33.1 Å². The van der Waals surface area contributed by atoms with Crippen molar-refractivity contribution in [3.8, 4) is 22.8 Å². The molecule has 2 aliphatic rings. The van der Waals surface area contributed by atoms with Crippen LogP contribution in [0.25, 0.3) is 11.3 Å². The zero-order valence-electron chi connectivity index (χ0n) is 22.9. The van der Waals surface area contributed by atoms with Crippen LogP contribution in [0.2, 0.25) is 0 Å². The fourth-order valence-electron chi connectivity index (χ4n) is 4.86. The number of ether oxygens (including phenoxy) is 3. The fraction of sp³-hybridized carbons (Fsp3) is 0.571. The number of rotatable bonds is 10. The van der Waals surface area contributed by atoms with Gasteiger partial charge in [0.05, 0.1) is 32.6 Å². The summed E-state index contributed by atoms with van der Waals surface area (Å²) in [5.74, 6) is 2.38. The topological polar surface area (TPSA) is 97.3 Å². The Kier molecular flexibility index (Phi) is 9.38. The van der Waals surface area contributed by atoms with Crippen molar-refractivity contribution in [2.75, 3.05) is 65.0 Å². The molecule has 2 aliphatic heterocycles. The number of carbonyl (C=O) groups is 2. The lowest BCUT2D eigenvalue weighted by Crippen LogP contribution is -2.52. The van der Waals surface area contributed by atoms with E-state index in [2.05, 4.69) is 15.1 Å². The van der Waals surface area contributed by atoms with Gasteiger partial charge in [0.2, 0.25) is 11.8 Å². The maximum absolute atomic E-state index is 13.1. The molecular formula is C28H39N5O5. The maximum Gasteiger partial charge on any atom is 0.242 e. The third-order valence-electron chi connectivity index (χ3n) is 7.00. The number of nitrogens with zero attached hydrogens (tertiary/aromatic N) is 5. The summed E-state index contributed by atoms with van der Waals surface area (Å²) in [6.45, 7) is 7.79. The van der Waals surface area contributed by atoms with Crippen molar-refractivity contribution < 1.29 is 23.8 Å². The van der Waals surface area contributed by atoms with E-state index in [1.54, 1.807) is 19.1 Å². The number of carbonyl (C=O) groups excluding carboxylic acids is 2. The van der Waals surface area contributed by atoms with E-state index >= 15 is 0 Å². The molecular weight excluding hydrogens is 486 g/mol. The van der Waals surface area contributed by atoms with Crippen LogP contribution in [0, 0.1) is 5.92 Å². The Bertz CT molecular complexity index is 1080. The second-order valence-electron chi connectivity index (χ2n) is 10.2. The Morgan fingerprint density at radius 2 is 1.87 bits per heavy atom. The summed E-state index contributed by atoms with van der Waals surface area (Å²) in [5.41, 5.74) is 1.54. The number of amides is 2. The van der Waals surface area contributed by atoms with Crippen LogP contribution in [-0.2, 0) is 14.3 Å². The minimum atomic E-state index is -0.0206. The highest BCUT2D eigenvalue weighted by atomic mass is 16.5. The summed E-state index contributed by atoms with van der Waals surface area (Å²) >= 11 is 0. The Morgan fingerprint density at radius 1 is 1.08 bits per heavy atom. The van der Waals surface area contributed by atoms with E-state index in [0.29, 0.717) is 56.3 Å². The number of aromatic nitrogens is 2. The van der Waals surface area contributed by atoms with E-state index in [1.165, 1.54) is 0 Å². The quantitative estimate of drug-likeness (QED) is 0.467.